The fourth-order valence-corrected chi connectivity index (χ4v) is 6.07. The summed E-state index contributed by atoms with van der Waals surface area (Å²) in [7, 11) is 0. The van der Waals surface area contributed by atoms with Gasteiger partial charge in [-0.3, -0.25) is 0 Å². The summed E-state index contributed by atoms with van der Waals surface area (Å²) in [6.07, 6.45) is 17.5. The van der Waals surface area contributed by atoms with E-state index in [0.717, 1.165) is 32.4 Å². The Morgan fingerprint density at radius 2 is 1.77 bits per heavy atom. The van der Waals surface area contributed by atoms with Crippen LogP contribution in [0.1, 0.15) is 80.2 Å². The third kappa shape index (κ3) is 4.98. The van der Waals surface area contributed by atoms with Crippen LogP contribution in [0.15, 0.2) is 90.2 Å². The molecule has 0 saturated carbocycles. The van der Waals surface area contributed by atoms with E-state index >= 15 is 0 Å². The zero-order valence-corrected chi connectivity index (χ0v) is 21.6. The lowest BCUT2D eigenvalue weighted by atomic mass is 9.80. The van der Waals surface area contributed by atoms with Gasteiger partial charge in [0.15, 0.2) is 0 Å². The van der Waals surface area contributed by atoms with Gasteiger partial charge in [0.2, 0.25) is 5.71 Å². The SMILES string of the molecule is C/C=C\NC(C)c1ccccc1C1CCC2=CCCC=C2C2=[N+](CCC(c3ccccc3C)=C2)C1. The Kier molecular flexibility index (Phi) is 7.18. The highest BCUT2D eigenvalue weighted by Gasteiger charge is 2.33. The minimum Gasteiger partial charge on any atom is -0.385 e. The molecule has 1 N–H and O–H groups in total. The van der Waals surface area contributed by atoms with Crippen LogP contribution >= 0.6 is 0 Å². The number of hydrogen-bond acceptors (Lipinski definition) is 1. The van der Waals surface area contributed by atoms with Gasteiger partial charge in [0.05, 0.1) is 0 Å². The lowest BCUT2D eigenvalue weighted by molar-refractivity contribution is -0.530. The van der Waals surface area contributed by atoms with Gasteiger partial charge in [-0.25, -0.2) is 4.58 Å². The fourth-order valence-electron chi connectivity index (χ4n) is 6.07. The second-order valence-electron chi connectivity index (χ2n) is 10.2. The first-order chi connectivity index (χ1) is 17.2. The first kappa shape index (κ1) is 23.6. The minimum atomic E-state index is 0.301. The molecule has 3 aliphatic rings. The van der Waals surface area contributed by atoms with E-state index < -0.39 is 0 Å². The van der Waals surface area contributed by atoms with Crippen LogP contribution in [0.4, 0.5) is 0 Å². The van der Waals surface area contributed by atoms with Crippen molar-refractivity contribution >= 4 is 11.3 Å². The van der Waals surface area contributed by atoms with Crippen LogP contribution in [0, 0.1) is 6.92 Å². The molecule has 2 unspecified atom stereocenters. The number of allylic oxidation sites excluding steroid dienone is 6. The van der Waals surface area contributed by atoms with Gasteiger partial charge in [0.25, 0.3) is 0 Å². The Labute approximate surface area is 211 Å². The zero-order valence-electron chi connectivity index (χ0n) is 21.6. The van der Waals surface area contributed by atoms with Gasteiger partial charge in [0.1, 0.15) is 13.1 Å². The molecule has 0 saturated heterocycles. The Morgan fingerprint density at radius 3 is 2.63 bits per heavy atom. The van der Waals surface area contributed by atoms with Crippen molar-refractivity contribution in [1.29, 1.82) is 0 Å². The summed E-state index contributed by atoms with van der Waals surface area (Å²) in [5, 5.41) is 3.56. The average Bonchev–Trinajstić information content (AvgIpc) is 2.89. The van der Waals surface area contributed by atoms with Gasteiger partial charge in [-0.05, 0) is 86.1 Å². The van der Waals surface area contributed by atoms with E-state index in [2.05, 4.69) is 110 Å². The molecular weight excluding hydrogens is 424 g/mol. The van der Waals surface area contributed by atoms with E-state index in [4.69, 9.17) is 0 Å². The molecule has 35 heavy (non-hydrogen) atoms. The highest BCUT2D eigenvalue weighted by Crippen LogP contribution is 2.37. The summed E-state index contributed by atoms with van der Waals surface area (Å²) in [6, 6.07) is 18.3. The Bertz CT molecular complexity index is 1240. The third-order valence-electron chi connectivity index (χ3n) is 7.94. The summed E-state index contributed by atoms with van der Waals surface area (Å²) in [4.78, 5) is 0. The smallest absolute Gasteiger partial charge is 0.207 e. The largest absolute Gasteiger partial charge is 0.385 e. The van der Waals surface area contributed by atoms with Crippen LogP contribution in [0.25, 0.3) is 5.57 Å². The third-order valence-corrected chi connectivity index (χ3v) is 7.94. The maximum absolute atomic E-state index is 3.56. The molecule has 2 aliphatic heterocycles. The number of hydrogen-bond donors (Lipinski definition) is 1. The summed E-state index contributed by atoms with van der Waals surface area (Å²) >= 11 is 0. The van der Waals surface area contributed by atoms with Crippen molar-refractivity contribution in [2.75, 3.05) is 13.1 Å². The van der Waals surface area contributed by atoms with Gasteiger partial charge in [-0.15, -0.1) is 0 Å². The molecule has 0 aromatic heterocycles. The quantitative estimate of drug-likeness (QED) is 0.450. The molecule has 2 atom stereocenters. The molecule has 5 rings (SSSR count). The molecule has 180 valence electrons. The van der Waals surface area contributed by atoms with Crippen molar-refractivity contribution in [3.05, 3.63) is 112 Å². The van der Waals surface area contributed by atoms with E-state index in [1.807, 2.05) is 0 Å². The van der Waals surface area contributed by atoms with Crippen LogP contribution in [-0.4, -0.2) is 23.4 Å². The minimum absolute atomic E-state index is 0.301. The molecule has 0 radical (unpaired) electrons. The molecule has 0 fully saturated rings. The number of nitrogens with one attached hydrogen (secondary N) is 1. The van der Waals surface area contributed by atoms with Gasteiger partial charge in [-0.2, -0.15) is 0 Å². The highest BCUT2D eigenvalue weighted by atomic mass is 15.0. The Balaban J connectivity index is 1.56. The predicted octanol–water partition coefficient (Wildman–Crippen LogP) is 7.64. The van der Waals surface area contributed by atoms with E-state index in [1.165, 1.54) is 52.0 Å². The molecule has 0 bridgehead atoms. The number of fused-ring (bicyclic) bond motifs is 2. The Morgan fingerprint density at radius 1 is 0.971 bits per heavy atom. The molecular formula is C33H39N2+. The van der Waals surface area contributed by atoms with Gasteiger partial charge >= 0.3 is 0 Å². The molecule has 2 aromatic rings. The van der Waals surface area contributed by atoms with Gasteiger partial charge in [-0.1, -0.05) is 66.8 Å². The molecule has 2 aromatic carbocycles. The summed E-state index contributed by atoms with van der Waals surface area (Å²) < 4.78 is 2.69. The number of benzene rings is 2. The Hall–Kier alpha value is -3.13. The molecule has 0 spiro atoms. The molecule has 2 heterocycles. The second kappa shape index (κ2) is 10.6. The van der Waals surface area contributed by atoms with E-state index in [0.29, 0.717) is 12.0 Å². The normalized spacial score (nSPS) is 21.2. The first-order valence-electron chi connectivity index (χ1n) is 13.4. The zero-order chi connectivity index (χ0) is 24.2. The van der Waals surface area contributed by atoms with Gasteiger partial charge in [0, 0.05) is 30.0 Å². The van der Waals surface area contributed by atoms with Crippen molar-refractivity contribution < 1.29 is 4.58 Å². The van der Waals surface area contributed by atoms with Crippen molar-refractivity contribution in [2.24, 2.45) is 0 Å². The average molecular weight is 464 g/mol. The highest BCUT2D eigenvalue weighted by molar-refractivity contribution is 6.12. The van der Waals surface area contributed by atoms with Crippen molar-refractivity contribution in [1.82, 2.24) is 5.32 Å². The first-order valence-corrected chi connectivity index (χ1v) is 13.4. The van der Waals surface area contributed by atoms with E-state index in [-0.39, 0.29) is 0 Å². The number of rotatable bonds is 5. The lowest BCUT2D eigenvalue weighted by Crippen LogP contribution is -2.33. The molecule has 1 aliphatic carbocycles. The molecule has 2 nitrogen and oxygen atoms in total. The summed E-state index contributed by atoms with van der Waals surface area (Å²) in [6.45, 7) is 8.76. The van der Waals surface area contributed by atoms with Crippen LogP contribution in [0.3, 0.4) is 0 Å². The maximum Gasteiger partial charge on any atom is 0.207 e. The number of aryl methyl sites for hydroxylation is 1. The molecule has 2 heteroatoms. The number of nitrogens with zero attached hydrogens (tertiary/aromatic N) is 1. The van der Waals surface area contributed by atoms with Crippen LogP contribution < -0.4 is 5.32 Å². The maximum atomic E-state index is 3.56. The predicted molar refractivity (Wildman–Crippen MR) is 149 cm³/mol. The lowest BCUT2D eigenvalue weighted by Gasteiger charge is -2.29. The topological polar surface area (TPSA) is 15.0 Å². The van der Waals surface area contributed by atoms with Crippen molar-refractivity contribution in [2.45, 2.75) is 64.8 Å². The van der Waals surface area contributed by atoms with E-state index in [9.17, 15) is 0 Å². The van der Waals surface area contributed by atoms with Crippen LogP contribution in [0.5, 0.6) is 0 Å². The van der Waals surface area contributed by atoms with Crippen LogP contribution in [-0.2, 0) is 0 Å². The second-order valence-corrected chi connectivity index (χ2v) is 10.2. The summed E-state index contributed by atoms with van der Waals surface area (Å²) in [5.41, 5.74) is 11.7. The standard InChI is InChI=1S/C33H39N2/c1-4-20-34-25(3)30-14-9-10-15-31(30)28-18-17-26-12-6-8-16-32(26)33-22-27(19-21-35(33)23-28)29-13-7-5-11-24(29)2/h4-5,7,9-16,20,22,25,28,34H,6,8,17-19,21,23H2,1-3H3/q+1/b20-4-. The van der Waals surface area contributed by atoms with Gasteiger partial charge < -0.3 is 5.32 Å². The molecule has 0 amide bonds. The summed E-state index contributed by atoms with van der Waals surface area (Å²) in [5.74, 6) is 0.522. The van der Waals surface area contributed by atoms with Crippen LogP contribution in [0.2, 0.25) is 0 Å². The van der Waals surface area contributed by atoms with Crippen molar-refractivity contribution in [3.8, 4) is 0 Å². The fraction of sp³-hybridized carbons (Fsp3) is 0.364. The van der Waals surface area contributed by atoms with E-state index in [1.54, 1.807) is 5.57 Å². The van der Waals surface area contributed by atoms with Crippen molar-refractivity contribution in [3.63, 3.8) is 0 Å². The monoisotopic (exact) mass is 463 g/mol.